The van der Waals surface area contributed by atoms with Crippen LogP contribution in [0.3, 0.4) is 0 Å². The molecule has 0 radical (unpaired) electrons. The van der Waals surface area contributed by atoms with Crippen LogP contribution in [0, 0.1) is 0 Å². The van der Waals surface area contributed by atoms with E-state index in [9.17, 15) is 0 Å². The highest BCUT2D eigenvalue weighted by Gasteiger charge is 2.12. The summed E-state index contributed by atoms with van der Waals surface area (Å²) in [6, 6.07) is 6.23. The van der Waals surface area contributed by atoms with Crippen molar-refractivity contribution in [3.63, 3.8) is 0 Å². The molecule has 0 spiro atoms. The predicted molar refractivity (Wildman–Crippen MR) is 90.9 cm³/mol. The minimum absolute atomic E-state index is 0.325. The van der Waals surface area contributed by atoms with Crippen LogP contribution in [0.15, 0.2) is 24.4 Å². The smallest absolute Gasteiger partial charge is 0.161 e. The number of pyridine rings is 1. The Balaban J connectivity index is 2.40. The van der Waals surface area contributed by atoms with Crippen LogP contribution in [0.25, 0.3) is 10.8 Å². The molecule has 0 aliphatic carbocycles. The number of rotatable bonds is 6. The van der Waals surface area contributed by atoms with Gasteiger partial charge < -0.3 is 14.8 Å². The first-order valence-electron chi connectivity index (χ1n) is 6.96. The number of hydrogen-bond acceptors (Lipinski definition) is 4. The standard InChI is InChI=1S/C16H21BrN2O2/c1-10(17)7-11(2)19-16-13-9-15(21-4)14(20-3)8-12(13)5-6-18-16/h5-6,8-11H,7H2,1-4H3,(H,18,19). The molecule has 0 bridgehead atoms. The molecule has 4 nitrogen and oxygen atoms in total. The van der Waals surface area contributed by atoms with E-state index < -0.39 is 0 Å². The maximum absolute atomic E-state index is 5.38. The van der Waals surface area contributed by atoms with Gasteiger partial charge in [0.05, 0.1) is 14.2 Å². The Morgan fingerprint density at radius 3 is 2.48 bits per heavy atom. The summed E-state index contributed by atoms with van der Waals surface area (Å²) < 4.78 is 10.7. The van der Waals surface area contributed by atoms with E-state index in [1.807, 2.05) is 18.2 Å². The molecular weight excluding hydrogens is 332 g/mol. The third-order valence-corrected chi connectivity index (χ3v) is 3.70. The molecule has 0 aliphatic rings. The molecule has 2 unspecified atom stereocenters. The molecule has 0 saturated carbocycles. The summed E-state index contributed by atoms with van der Waals surface area (Å²) in [6.45, 7) is 4.29. The van der Waals surface area contributed by atoms with Gasteiger partial charge in [0.15, 0.2) is 11.5 Å². The topological polar surface area (TPSA) is 43.4 Å². The highest BCUT2D eigenvalue weighted by Crippen LogP contribution is 2.34. The van der Waals surface area contributed by atoms with Crippen LogP contribution >= 0.6 is 15.9 Å². The average molecular weight is 353 g/mol. The molecule has 5 heteroatoms. The van der Waals surface area contributed by atoms with Crippen LogP contribution in [-0.4, -0.2) is 30.1 Å². The van der Waals surface area contributed by atoms with E-state index in [1.165, 1.54) is 0 Å². The Labute approximate surface area is 134 Å². The van der Waals surface area contributed by atoms with Gasteiger partial charge in [0.1, 0.15) is 5.82 Å². The number of anilines is 1. The van der Waals surface area contributed by atoms with E-state index in [0.717, 1.165) is 28.8 Å². The molecule has 0 fully saturated rings. The second-order valence-corrected chi connectivity index (χ2v) is 6.71. The monoisotopic (exact) mass is 352 g/mol. The molecule has 1 heterocycles. The lowest BCUT2D eigenvalue weighted by Crippen LogP contribution is -2.19. The fourth-order valence-corrected chi connectivity index (χ4v) is 2.95. The minimum Gasteiger partial charge on any atom is -0.493 e. The number of aromatic nitrogens is 1. The van der Waals surface area contributed by atoms with Crippen molar-refractivity contribution in [1.29, 1.82) is 0 Å². The third kappa shape index (κ3) is 3.79. The summed E-state index contributed by atoms with van der Waals surface area (Å²) in [5.74, 6) is 2.31. The SMILES string of the molecule is COc1cc2ccnc(NC(C)CC(C)Br)c2cc1OC. The first kappa shape index (κ1) is 15.9. The Hall–Kier alpha value is -1.49. The highest BCUT2D eigenvalue weighted by molar-refractivity contribution is 9.09. The molecule has 0 amide bonds. The summed E-state index contributed by atoms with van der Waals surface area (Å²) in [6.07, 6.45) is 2.83. The van der Waals surface area contributed by atoms with E-state index in [-0.39, 0.29) is 0 Å². The lowest BCUT2D eigenvalue weighted by molar-refractivity contribution is 0.356. The van der Waals surface area contributed by atoms with Crippen molar-refractivity contribution in [3.8, 4) is 11.5 Å². The maximum atomic E-state index is 5.38. The molecular formula is C16H21BrN2O2. The molecule has 2 atom stereocenters. The van der Waals surface area contributed by atoms with Gasteiger partial charge in [-0.2, -0.15) is 0 Å². The number of halogens is 1. The lowest BCUT2D eigenvalue weighted by Gasteiger charge is -2.18. The summed E-state index contributed by atoms with van der Waals surface area (Å²) in [5, 5.41) is 5.57. The van der Waals surface area contributed by atoms with E-state index in [0.29, 0.717) is 16.6 Å². The fourth-order valence-electron chi connectivity index (χ4n) is 2.39. The normalized spacial score (nSPS) is 13.8. The molecule has 1 aromatic carbocycles. The van der Waals surface area contributed by atoms with Gasteiger partial charge in [0.2, 0.25) is 0 Å². The van der Waals surface area contributed by atoms with Gasteiger partial charge in [-0.3, -0.25) is 0 Å². The summed E-state index contributed by atoms with van der Waals surface area (Å²) >= 11 is 3.58. The van der Waals surface area contributed by atoms with Crippen molar-refractivity contribution >= 4 is 32.5 Å². The maximum Gasteiger partial charge on any atom is 0.161 e. The molecule has 1 N–H and O–H groups in total. The number of nitrogens with zero attached hydrogens (tertiary/aromatic N) is 1. The molecule has 0 aliphatic heterocycles. The zero-order valence-electron chi connectivity index (χ0n) is 12.8. The molecule has 1 aromatic heterocycles. The average Bonchev–Trinajstić information content (AvgIpc) is 2.45. The molecule has 114 valence electrons. The van der Waals surface area contributed by atoms with Gasteiger partial charge in [-0.1, -0.05) is 22.9 Å². The number of methoxy groups -OCH3 is 2. The minimum atomic E-state index is 0.325. The van der Waals surface area contributed by atoms with Crippen LogP contribution in [0.1, 0.15) is 20.3 Å². The summed E-state index contributed by atoms with van der Waals surface area (Å²) in [5.41, 5.74) is 0. The van der Waals surface area contributed by atoms with Gasteiger partial charge in [-0.05, 0) is 36.9 Å². The van der Waals surface area contributed by atoms with Crippen molar-refractivity contribution < 1.29 is 9.47 Å². The van der Waals surface area contributed by atoms with Crippen LogP contribution in [-0.2, 0) is 0 Å². The Bertz CT molecular complexity index is 616. The molecule has 0 saturated heterocycles. The zero-order chi connectivity index (χ0) is 15.4. The van der Waals surface area contributed by atoms with Crippen molar-refractivity contribution in [1.82, 2.24) is 4.98 Å². The number of nitrogens with one attached hydrogen (secondary N) is 1. The quantitative estimate of drug-likeness (QED) is 0.790. The third-order valence-electron chi connectivity index (χ3n) is 3.33. The number of benzene rings is 1. The van der Waals surface area contributed by atoms with Gasteiger partial charge in [-0.15, -0.1) is 0 Å². The largest absolute Gasteiger partial charge is 0.493 e. The molecule has 2 rings (SSSR count). The van der Waals surface area contributed by atoms with Crippen LogP contribution < -0.4 is 14.8 Å². The van der Waals surface area contributed by atoms with E-state index in [1.54, 1.807) is 20.4 Å². The Morgan fingerprint density at radius 2 is 1.86 bits per heavy atom. The molecule has 2 aromatic rings. The Morgan fingerprint density at radius 1 is 1.19 bits per heavy atom. The van der Waals surface area contributed by atoms with E-state index >= 15 is 0 Å². The second-order valence-electron chi connectivity index (χ2n) is 5.15. The number of hydrogen-bond donors (Lipinski definition) is 1. The number of alkyl halides is 1. The van der Waals surface area contributed by atoms with E-state index in [4.69, 9.17) is 9.47 Å². The summed E-state index contributed by atoms with van der Waals surface area (Å²) in [4.78, 5) is 4.92. The Kier molecular flexibility index (Phi) is 5.28. The zero-order valence-corrected chi connectivity index (χ0v) is 14.4. The summed E-state index contributed by atoms with van der Waals surface area (Å²) in [7, 11) is 3.28. The van der Waals surface area contributed by atoms with Crippen molar-refractivity contribution in [3.05, 3.63) is 24.4 Å². The fraction of sp³-hybridized carbons (Fsp3) is 0.438. The van der Waals surface area contributed by atoms with Crippen LogP contribution in [0.4, 0.5) is 5.82 Å². The van der Waals surface area contributed by atoms with Gasteiger partial charge >= 0.3 is 0 Å². The van der Waals surface area contributed by atoms with E-state index in [2.05, 4.69) is 40.1 Å². The molecule has 21 heavy (non-hydrogen) atoms. The van der Waals surface area contributed by atoms with Crippen molar-refractivity contribution in [2.24, 2.45) is 0 Å². The van der Waals surface area contributed by atoms with Crippen molar-refractivity contribution in [2.75, 3.05) is 19.5 Å². The number of ether oxygens (including phenoxy) is 2. The predicted octanol–water partition coefficient (Wildman–Crippen LogP) is 4.23. The van der Waals surface area contributed by atoms with Gasteiger partial charge in [0.25, 0.3) is 0 Å². The first-order chi connectivity index (χ1) is 10.0. The van der Waals surface area contributed by atoms with Crippen LogP contribution in [0.2, 0.25) is 0 Å². The highest BCUT2D eigenvalue weighted by atomic mass is 79.9. The van der Waals surface area contributed by atoms with Gasteiger partial charge in [0, 0.05) is 22.5 Å². The second kappa shape index (κ2) is 6.98. The first-order valence-corrected chi connectivity index (χ1v) is 7.88. The van der Waals surface area contributed by atoms with Crippen LogP contribution in [0.5, 0.6) is 11.5 Å². The lowest BCUT2D eigenvalue weighted by atomic mass is 10.1. The van der Waals surface area contributed by atoms with Crippen molar-refractivity contribution in [2.45, 2.75) is 31.1 Å². The number of fused-ring (bicyclic) bond motifs is 1. The van der Waals surface area contributed by atoms with Gasteiger partial charge in [-0.25, -0.2) is 4.98 Å².